The van der Waals surface area contributed by atoms with E-state index in [1.54, 1.807) is 9.80 Å². The van der Waals surface area contributed by atoms with Gasteiger partial charge in [-0.25, -0.2) is 8.78 Å². The van der Waals surface area contributed by atoms with Crippen LogP contribution in [0.2, 0.25) is 0 Å². The fourth-order valence-corrected chi connectivity index (χ4v) is 2.97. The number of nitrogens with two attached hydrogens (primary N) is 1. The second-order valence-corrected chi connectivity index (χ2v) is 5.38. The van der Waals surface area contributed by atoms with Crippen LogP contribution in [0.1, 0.15) is 23.2 Å². The van der Waals surface area contributed by atoms with Crippen molar-refractivity contribution in [3.8, 4) is 0 Å². The Labute approximate surface area is 120 Å². The van der Waals surface area contributed by atoms with E-state index < -0.39 is 17.5 Å². The van der Waals surface area contributed by atoms with Gasteiger partial charge >= 0.3 is 0 Å². The molecule has 7 heteroatoms. The third-order valence-corrected chi connectivity index (χ3v) is 4.10. The minimum atomic E-state index is -1.10. The molecule has 0 aliphatic carbocycles. The van der Waals surface area contributed by atoms with E-state index >= 15 is 0 Å². The molecule has 1 atom stereocenters. The van der Waals surface area contributed by atoms with Crippen molar-refractivity contribution in [1.29, 1.82) is 0 Å². The van der Waals surface area contributed by atoms with Crippen molar-refractivity contribution >= 4 is 17.5 Å². The van der Waals surface area contributed by atoms with E-state index in [2.05, 4.69) is 0 Å². The summed E-state index contributed by atoms with van der Waals surface area (Å²) in [4.78, 5) is 27.3. The monoisotopic (exact) mass is 295 g/mol. The Morgan fingerprint density at radius 2 is 1.95 bits per heavy atom. The topological polar surface area (TPSA) is 66.6 Å². The van der Waals surface area contributed by atoms with Crippen LogP contribution in [0.15, 0.2) is 12.1 Å². The maximum absolute atomic E-state index is 13.3. The highest BCUT2D eigenvalue weighted by atomic mass is 19.2. The van der Waals surface area contributed by atoms with Gasteiger partial charge in [0.25, 0.3) is 5.91 Å². The van der Waals surface area contributed by atoms with Gasteiger partial charge in [-0.2, -0.15) is 0 Å². The molecule has 0 radical (unpaired) electrons. The molecule has 2 aliphatic rings. The van der Waals surface area contributed by atoms with Crippen LogP contribution < -0.4 is 5.73 Å². The van der Waals surface area contributed by atoms with Crippen LogP contribution in [0, 0.1) is 11.6 Å². The Morgan fingerprint density at radius 1 is 1.24 bits per heavy atom. The lowest BCUT2D eigenvalue weighted by atomic mass is 10.1. The molecule has 3 rings (SSSR count). The zero-order chi connectivity index (χ0) is 15.1. The third-order valence-electron chi connectivity index (χ3n) is 4.10. The van der Waals surface area contributed by atoms with E-state index in [0.717, 1.165) is 18.6 Å². The SMILES string of the molecule is Nc1cc(F)c(F)cc1C(=O)N1CCN2C(=O)CCC2C1. The molecule has 1 unspecified atom stereocenters. The Morgan fingerprint density at radius 3 is 2.71 bits per heavy atom. The Balaban J connectivity index is 1.80. The number of nitrogen functional groups attached to an aromatic ring is 1. The van der Waals surface area contributed by atoms with Gasteiger partial charge < -0.3 is 15.5 Å². The van der Waals surface area contributed by atoms with Crippen LogP contribution in [0.25, 0.3) is 0 Å². The summed E-state index contributed by atoms with van der Waals surface area (Å²) in [6, 6.07) is 1.67. The third kappa shape index (κ3) is 2.32. The number of fused-ring (bicyclic) bond motifs is 1. The number of carbonyl (C=O) groups is 2. The summed E-state index contributed by atoms with van der Waals surface area (Å²) < 4.78 is 26.4. The van der Waals surface area contributed by atoms with Crippen molar-refractivity contribution in [2.45, 2.75) is 18.9 Å². The van der Waals surface area contributed by atoms with Gasteiger partial charge in [0.2, 0.25) is 5.91 Å². The number of nitrogens with zero attached hydrogens (tertiary/aromatic N) is 2. The van der Waals surface area contributed by atoms with Gasteiger partial charge in [-0.05, 0) is 12.5 Å². The first kappa shape index (κ1) is 13.8. The first-order chi connectivity index (χ1) is 9.97. The zero-order valence-corrected chi connectivity index (χ0v) is 11.3. The van der Waals surface area contributed by atoms with Crippen LogP contribution in [0.4, 0.5) is 14.5 Å². The van der Waals surface area contributed by atoms with E-state index in [1.165, 1.54) is 0 Å². The van der Waals surface area contributed by atoms with Crippen LogP contribution in [0.5, 0.6) is 0 Å². The number of carbonyl (C=O) groups excluding carboxylic acids is 2. The molecule has 5 nitrogen and oxygen atoms in total. The first-order valence-corrected chi connectivity index (χ1v) is 6.80. The van der Waals surface area contributed by atoms with Crippen molar-refractivity contribution in [2.75, 3.05) is 25.4 Å². The normalized spacial score (nSPS) is 21.6. The van der Waals surface area contributed by atoms with E-state index in [1.807, 2.05) is 0 Å². The Bertz CT molecular complexity index is 620. The number of piperazine rings is 1. The summed E-state index contributed by atoms with van der Waals surface area (Å²) in [7, 11) is 0. The molecule has 1 aromatic rings. The minimum absolute atomic E-state index is 0.0155. The molecule has 0 saturated carbocycles. The summed E-state index contributed by atoms with van der Waals surface area (Å²) in [5, 5.41) is 0. The highest BCUT2D eigenvalue weighted by Crippen LogP contribution is 2.25. The van der Waals surface area contributed by atoms with Crippen molar-refractivity contribution in [1.82, 2.24) is 9.80 Å². The van der Waals surface area contributed by atoms with E-state index in [4.69, 9.17) is 5.73 Å². The fourth-order valence-electron chi connectivity index (χ4n) is 2.97. The number of hydrogen-bond donors (Lipinski definition) is 1. The van der Waals surface area contributed by atoms with Gasteiger partial charge in [0.1, 0.15) is 0 Å². The second-order valence-electron chi connectivity index (χ2n) is 5.38. The van der Waals surface area contributed by atoms with Crippen molar-refractivity contribution in [3.63, 3.8) is 0 Å². The number of benzene rings is 1. The van der Waals surface area contributed by atoms with Gasteiger partial charge in [-0.3, -0.25) is 9.59 Å². The molecule has 2 N–H and O–H groups in total. The summed E-state index contributed by atoms with van der Waals surface area (Å²) >= 11 is 0. The maximum Gasteiger partial charge on any atom is 0.256 e. The van der Waals surface area contributed by atoms with Gasteiger partial charge in [0.05, 0.1) is 5.56 Å². The lowest BCUT2D eigenvalue weighted by molar-refractivity contribution is -0.130. The predicted octanol–water partition coefficient (Wildman–Crippen LogP) is 0.994. The molecule has 112 valence electrons. The molecule has 0 bridgehead atoms. The standard InChI is InChI=1S/C14H15F2N3O2/c15-10-5-9(12(17)6-11(10)16)14(21)18-3-4-19-8(7-18)1-2-13(19)20/h5-6,8H,1-4,7,17H2. The van der Waals surface area contributed by atoms with Gasteiger partial charge in [0, 0.05) is 43.9 Å². The summed E-state index contributed by atoms with van der Waals surface area (Å²) in [6.07, 6.45) is 1.22. The van der Waals surface area contributed by atoms with Gasteiger partial charge in [0.15, 0.2) is 11.6 Å². The summed E-state index contributed by atoms with van der Waals surface area (Å²) in [6.45, 7) is 1.25. The minimum Gasteiger partial charge on any atom is -0.398 e. The Kier molecular flexibility index (Phi) is 3.27. The molecule has 2 saturated heterocycles. The molecule has 2 fully saturated rings. The number of amides is 2. The first-order valence-electron chi connectivity index (χ1n) is 6.80. The molecule has 2 aliphatic heterocycles. The average Bonchev–Trinajstić information content (AvgIpc) is 2.83. The predicted molar refractivity (Wildman–Crippen MR) is 71.4 cm³/mol. The Hall–Kier alpha value is -2.18. The summed E-state index contributed by atoms with van der Waals surface area (Å²) in [5.74, 6) is -2.48. The average molecular weight is 295 g/mol. The van der Waals surface area contributed by atoms with Gasteiger partial charge in [-0.15, -0.1) is 0 Å². The van der Waals surface area contributed by atoms with Crippen molar-refractivity contribution < 1.29 is 18.4 Å². The van der Waals surface area contributed by atoms with E-state index in [-0.39, 0.29) is 23.2 Å². The van der Waals surface area contributed by atoms with Crippen LogP contribution in [-0.4, -0.2) is 47.3 Å². The lowest BCUT2D eigenvalue weighted by Gasteiger charge is -2.37. The summed E-state index contributed by atoms with van der Waals surface area (Å²) in [5.41, 5.74) is 5.49. The molecule has 21 heavy (non-hydrogen) atoms. The largest absolute Gasteiger partial charge is 0.398 e. The van der Waals surface area contributed by atoms with E-state index in [0.29, 0.717) is 26.1 Å². The quantitative estimate of drug-likeness (QED) is 0.786. The maximum atomic E-state index is 13.3. The highest BCUT2D eigenvalue weighted by molar-refractivity contribution is 5.99. The van der Waals surface area contributed by atoms with E-state index in [9.17, 15) is 18.4 Å². The number of anilines is 1. The molecule has 2 heterocycles. The number of hydrogen-bond acceptors (Lipinski definition) is 3. The van der Waals surface area contributed by atoms with Crippen LogP contribution in [-0.2, 0) is 4.79 Å². The number of halogens is 2. The van der Waals surface area contributed by atoms with Crippen molar-refractivity contribution in [2.24, 2.45) is 0 Å². The molecule has 2 amide bonds. The van der Waals surface area contributed by atoms with Crippen molar-refractivity contribution in [3.05, 3.63) is 29.3 Å². The zero-order valence-electron chi connectivity index (χ0n) is 11.3. The lowest BCUT2D eigenvalue weighted by Crippen LogP contribution is -2.53. The van der Waals surface area contributed by atoms with Crippen LogP contribution >= 0.6 is 0 Å². The molecule has 0 spiro atoms. The molecule has 0 aromatic heterocycles. The second kappa shape index (κ2) is 4.98. The van der Waals surface area contributed by atoms with Gasteiger partial charge in [-0.1, -0.05) is 0 Å². The molecule has 1 aromatic carbocycles. The smallest absolute Gasteiger partial charge is 0.256 e. The molecular weight excluding hydrogens is 280 g/mol. The molecular formula is C14H15F2N3O2. The number of rotatable bonds is 1. The highest BCUT2D eigenvalue weighted by Gasteiger charge is 2.37. The fraction of sp³-hybridized carbons (Fsp3) is 0.429. The van der Waals surface area contributed by atoms with Crippen LogP contribution in [0.3, 0.4) is 0 Å².